The van der Waals surface area contributed by atoms with Gasteiger partial charge in [0, 0.05) is 31.5 Å². The summed E-state index contributed by atoms with van der Waals surface area (Å²) in [6.45, 7) is 6.17. The van der Waals surface area contributed by atoms with Crippen molar-refractivity contribution in [1.29, 1.82) is 0 Å². The molecule has 1 heterocycles. The molecule has 4 heteroatoms. The molecule has 0 aliphatic rings. The van der Waals surface area contributed by atoms with E-state index >= 15 is 0 Å². The molecule has 0 aromatic carbocycles. The van der Waals surface area contributed by atoms with Crippen molar-refractivity contribution in [1.82, 2.24) is 9.88 Å². The van der Waals surface area contributed by atoms with Crippen molar-refractivity contribution in [2.75, 3.05) is 19.4 Å². The monoisotopic (exact) mass is 235 g/mol. The average Bonchev–Trinajstić information content (AvgIpc) is 2.37. The molecule has 0 aliphatic carbocycles. The molecule has 4 nitrogen and oxygen atoms in total. The van der Waals surface area contributed by atoms with Crippen LogP contribution in [0.25, 0.3) is 0 Å². The topological polar surface area (TPSA) is 45.2 Å². The predicted octanol–water partition coefficient (Wildman–Crippen LogP) is 2.38. The smallest absolute Gasteiger partial charge is 0.272 e. The minimum atomic E-state index is -0.158. The number of carbonyl (C=O) groups is 1. The largest absolute Gasteiger partial charge is 0.388 e. The zero-order valence-corrected chi connectivity index (χ0v) is 11.2. The van der Waals surface area contributed by atoms with Crippen molar-refractivity contribution < 1.29 is 4.79 Å². The fraction of sp³-hybridized carbons (Fsp3) is 0.538. The predicted molar refractivity (Wildman–Crippen MR) is 70.2 cm³/mol. The summed E-state index contributed by atoms with van der Waals surface area (Å²) in [5.41, 5.74) is 1.21. The molecule has 0 atom stereocenters. The number of amides is 1. The summed E-state index contributed by atoms with van der Waals surface area (Å²) in [4.78, 5) is 18.1. The summed E-state index contributed by atoms with van der Waals surface area (Å²) in [7, 11) is 3.64. The summed E-state index contributed by atoms with van der Waals surface area (Å²) in [6.07, 6.45) is 2.55. The molecular weight excluding hydrogens is 214 g/mol. The fourth-order valence-electron chi connectivity index (χ4n) is 1.39. The minimum Gasteiger partial charge on any atom is -0.388 e. The average molecular weight is 235 g/mol. The molecule has 0 bridgehead atoms. The number of anilines is 1. The molecule has 0 fully saturated rings. The third-order valence-corrected chi connectivity index (χ3v) is 3.35. The number of nitrogens with zero attached hydrogens (tertiary/aromatic N) is 2. The molecule has 0 spiro atoms. The summed E-state index contributed by atoms with van der Waals surface area (Å²) < 4.78 is 0. The molecule has 0 saturated carbocycles. The van der Waals surface area contributed by atoms with Crippen LogP contribution in [0.4, 0.5) is 5.69 Å². The van der Waals surface area contributed by atoms with E-state index in [9.17, 15) is 4.79 Å². The lowest BCUT2D eigenvalue weighted by atomic mass is 9.99. The molecule has 1 aromatic rings. The minimum absolute atomic E-state index is 0.0473. The first-order valence-corrected chi connectivity index (χ1v) is 5.84. The van der Waals surface area contributed by atoms with Crippen LogP contribution in [0.2, 0.25) is 0 Å². The highest BCUT2D eigenvalue weighted by Crippen LogP contribution is 2.19. The Morgan fingerprint density at radius 1 is 1.53 bits per heavy atom. The van der Waals surface area contributed by atoms with Crippen LogP contribution in [0.3, 0.4) is 0 Å². The first-order chi connectivity index (χ1) is 7.92. The fourth-order valence-corrected chi connectivity index (χ4v) is 1.39. The molecule has 0 aliphatic heterocycles. The summed E-state index contributed by atoms with van der Waals surface area (Å²) in [5.74, 6) is -0.0473. The summed E-state index contributed by atoms with van der Waals surface area (Å²) in [5, 5.41) is 3.00. The maximum Gasteiger partial charge on any atom is 0.272 e. The van der Waals surface area contributed by atoms with Crippen molar-refractivity contribution in [2.24, 2.45) is 0 Å². The van der Waals surface area contributed by atoms with Crippen molar-refractivity contribution in [3.05, 3.63) is 24.0 Å². The third kappa shape index (κ3) is 2.96. The second-order valence-corrected chi connectivity index (χ2v) is 4.71. The Kier molecular flexibility index (Phi) is 4.10. The van der Waals surface area contributed by atoms with Gasteiger partial charge in [0.15, 0.2) is 0 Å². The van der Waals surface area contributed by atoms with E-state index < -0.39 is 0 Å². The van der Waals surface area contributed by atoms with E-state index in [1.807, 2.05) is 34.0 Å². The first-order valence-electron chi connectivity index (χ1n) is 5.84. The van der Waals surface area contributed by atoms with Gasteiger partial charge in [-0.3, -0.25) is 9.78 Å². The Hall–Kier alpha value is -1.58. The first kappa shape index (κ1) is 13.5. The second-order valence-electron chi connectivity index (χ2n) is 4.71. The summed E-state index contributed by atoms with van der Waals surface area (Å²) in [6, 6.07) is 3.60. The molecule has 1 aromatic heterocycles. The van der Waals surface area contributed by atoms with Crippen molar-refractivity contribution in [3.8, 4) is 0 Å². The number of rotatable bonds is 4. The van der Waals surface area contributed by atoms with Gasteiger partial charge in [0.25, 0.3) is 5.91 Å². The van der Waals surface area contributed by atoms with Crippen LogP contribution >= 0.6 is 0 Å². The number of nitrogens with one attached hydrogen (secondary N) is 1. The summed E-state index contributed by atoms with van der Waals surface area (Å²) >= 11 is 0. The van der Waals surface area contributed by atoms with Crippen LogP contribution in [0, 0.1) is 0 Å². The molecule has 0 unspecified atom stereocenters. The number of aromatic nitrogens is 1. The lowest BCUT2D eigenvalue weighted by Crippen LogP contribution is -2.44. The third-order valence-electron chi connectivity index (χ3n) is 3.35. The maximum absolute atomic E-state index is 12.3. The Morgan fingerprint density at radius 3 is 2.71 bits per heavy atom. The molecule has 0 saturated heterocycles. The lowest BCUT2D eigenvalue weighted by Gasteiger charge is -2.34. The molecule has 1 N–H and O–H groups in total. The highest BCUT2D eigenvalue weighted by Gasteiger charge is 2.27. The van der Waals surface area contributed by atoms with Crippen molar-refractivity contribution >= 4 is 11.6 Å². The van der Waals surface area contributed by atoms with Crippen molar-refractivity contribution in [2.45, 2.75) is 32.7 Å². The van der Waals surface area contributed by atoms with Gasteiger partial charge >= 0.3 is 0 Å². The molecule has 0 radical (unpaired) electrons. The number of hydrogen-bond donors (Lipinski definition) is 1. The normalized spacial score (nSPS) is 11.1. The molecular formula is C13H21N3O. The van der Waals surface area contributed by atoms with Gasteiger partial charge in [0.1, 0.15) is 5.69 Å². The van der Waals surface area contributed by atoms with Crippen LogP contribution in [-0.2, 0) is 0 Å². The van der Waals surface area contributed by atoms with E-state index in [0.29, 0.717) is 5.69 Å². The van der Waals surface area contributed by atoms with Crippen LogP contribution in [0.15, 0.2) is 18.3 Å². The SMILES string of the molecule is CCC(C)(C)N(C)C(=O)c1cc(NC)ccn1. The van der Waals surface area contributed by atoms with Crippen molar-refractivity contribution in [3.63, 3.8) is 0 Å². The van der Waals surface area contributed by atoms with Crippen LogP contribution in [0.5, 0.6) is 0 Å². The molecule has 17 heavy (non-hydrogen) atoms. The highest BCUT2D eigenvalue weighted by molar-refractivity contribution is 5.93. The molecule has 94 valence electrons. The van der Waals surface area contributed by atoms with E-state index in [1.54, 1.807) is 17.2 Å². The van der Waals surface area contributed by atoms with Gasteiger partial charge in [-0.1, -0.05) is 6.92 Å². The van der Waals surface area contributed by atoms with E-state index in [-0.39, 0.29) is 11.4 Å². The standard InChI is InChI=1S/C13H21N3O/c1-6-13(2,3)16(5)12(17)11-9-10(14-4)7-8-15-11/h7-9H,6H2,1-5H3,(H,14,15). The van der Waals surface area contributed by atoms with Gasteiger partial charge in [-0.25, -0.2) is 0 Å². The van der Waals surface area contributed by atoms with Gasteiger partial charge in [0.05, 0.1) is 0 Å². The van der Waals surface area contributed by atoms with Gasteiger partial charge in [-0.2, -0.15) is 0 Å². The Bertz CT molecular complexity index is 401. The number of pyridine rings is 1. The Balaban J connectivity index is 2.96. The van der Waals surface area contributed by atoms with Crippen LogP contribution in [0.1, 0.15) is 37.7 Å². The van der Waals surface area contributed by atoms with E-state index in [2.05, 4.69) is 17.2 Å². The molecule has 1 rings (SSSR count). The maximum atomic E-state index is 12.3. The van der Waals surface area contributed by atoms with Crippen LogP contribution < -0.4 is 5.32 Å². The second kappa shape index (κ2) is 5.17. The van der Waals surface area contributed by atoms with Crippen LogP contribution in [-0.4, -0.2) is 35.4 Å². The van der Waals surface area contributed by atoms with E-state index in [4.69, 9.17) is 0 Å². The quantitative estimate of drug-likeness (QED) is 0.871. The van der Waals surface area contributed by atoms with Gasteiger partial charge < -0.3 is 10.2 Å². The molecule has 1 amide bonds. The zero-order chi connectivity index (χ0) is 13.1. The number of carbonyl (C=O) groups excluding carboxylic acids is 1. The Morgan fingerprint density at radius 2 is 2.18 bits per heavy atom. The highest BCUT2D eigenvalue weighted by atomic mass is 16.2. The lowest BCUT2D eigenvalue weighted by molar-refractivity contribution is 0.0614. The Labute approximate surface area is 103 Å². The number of hydrogen-bond acceptors (Lipinski definition) is 3. The van der Waals surface area contributed by atoms with Gasteiger partial charge in [-0.05, 0) is 32.4 Å². The van der Waals surface area contributed by atoms with E-state index in [1.165, 1.54) is 0 Å². The zero-order valence-electron chi connectivity index (χ0n) is 11.2. The van der Waals surface area contributed by atoms with Gasteiger partial charge in [0.2, 0.25) is 0 Å². The van der Waals surface area contributed by atoms with E-state index in [0.717, 1.165) is 12.1 Å². The van der Waals surface area contributed by atoms with Gasteiger partial charge in [-0.15, -0.1) is 0 Å².